The van der Waals surface area contributed by atoms with Crippen molar-refractivity contribution in [1.82, 2.24) is 23.7 Å². The van der Waals surface area contributed by atoms with Gasteiger partial charge in [0, 0.05) is 58.6 Å². The van der Waals surface area contributed by atoms with Gasteiger partial charge in [0.15, 0.2) is 0 Å². The number of aromatic nitrogens is 5. The molecule has 0 bridgehead atoms. The summed E-state index contributed by atoms with van der Waals surface area (Å²) in [6.07, 6.45) is 10.2. The van der Waals surface area contributed by atoms with Crippen LogP contribution in [0.4, 0.5) is 0 Å². The van der Waals surface area contributed by atoms with Crippen molar-refractivity contribution in [3.8, 4) is 38.9 Å². The van der Waals surface area contributed by atoms with Crippen molar-refractivity contribution in [2.24, 2.45) is 0 Å². The fraction of sp³-hybridized carbons (Fsp3) is 0. The molecule has 208 valence electrons. The average molecular weight is 584 g/mol. The third-order valence-corrected chi connectivity index (χ3v) is 9.34. The number of rotatable bonds is 5. The van der Waals surface area contributed by atoms with Gasteiger partial charge >= 0.3 is 0 Å². The van der Waals surface area contributed by atoms with Gasteiger partial charge in [0.25, 0.3) is 0 Å². The Balaban J connectivity index is 1.36. The van der Waals surface area contributed by atoms with Crippen molar-refractivity contribution in [1.29, 1.82) is 0 Å². The Bertz CT molecular complexity index is 2400. The van der Waals surface area contributed by atoms with E-state index >= 15 is 0 Å². The molecule has 0 amide bonds. The van der Waals surface area contributed by atoms with Crippen LogP contribution in [-0.4, -0.2) is 23.7 Å². The highest BCUT2D eigenvalue weighted by molar-refractivity contribution is 7.21. The molecule has 0 saturated carbocycles. The molecule has 4 aromatic carbocycles. The van der Waals surface area contributed by atoms with Crippen LogP contribution in [0.3, 0.4) is 0 Å². The van der Waals surface area contributed by atoms with E-state index in [-0.39, 0.29) is 0 Å². The van der Waals surface area contributed by atoms with Crippen molar-refractivity contribution < 1.29 is 0 Å². The van der Waals surface area contributed by atoms with E-state index in [1.54, 1.807) is 11.3 Å². The van der Waals surface area contributed by atoms with Crippen molar-refractivity contribution in [2.45, 2.75) is 0 Å². The number of pyridine rings is 1. The third kappa shape index (κ3) is 4.00. The summed E-state index contributed by atoms with van der Waals surface area (Å²) >= 11 is 1.73. The number of hydrogen-bond acceptors (Lipinski definition) is 3. The molecule has 0 aliphatic heterocycles. The molecular weight excluding hydrogens is 559 g/mol. The second kappa shape index (κ2) is 9.93. The molecule has 5 heterocycles. The summed E-state index contributed by atoms with van der Waals surface area (Å²) in [4.78, 5) is 9.68. The highest BCUT2D eigenvalue weighted by Gasteiger charge is 2.19. The maximum atomic E-state index is 5.00. The highest BCUT2D eigenvalue weighted by Crippen LogP contribution is 2.39. The minimum absolute atomic E-state index is 0.943. The van der Waals surface area contributed by atoms with Crippen LogP contribution < -0.4 is 0 Å². The summed E-state index contributed by atoms with van der Waals surface area (Å²) in [5.74, 6) is 0. The number of benzene rings is 4. The van der Waals surface area contributed by atoms with Gasteiger partial charge < -0.3 is 13.7 Å². The maximum absolute atomic E-state index is 5.00. The summed E-state index contributed by atoms with van der Waals surface area (Å²) in [5.41, 5.74) is 9.73. The van der Waals surface area contributed by atoms with Crippen LogP contribution in [0.15, 0.2) is 152 Å². The van der Waals surface area contributed by atoms with Crippen LogP contribution in [0.25, 0.3) is 70.9 Å². The van der Waals surface area contributed by atoms with Crippen LogP contribution in [0.1, 0.15) is 0 Å². The zero-order valence-corrected chi connectivity index (χ0v) is 24.4. The number of fused-ring (bicyclic) bond motifs is 4. The van der Waals surface area contributed by atoms with E-state index in [4.69, 9.17) is 4.98 Å². The normalized spacial score (nSPS) is 11.6. The van der Waals surface area contributed by atoms with E-state index in [2.05, 4.69) is 147 Å². The molecule has 0 aliphatic rings. The molecule has 0 aliphatic carbocycles. The average Bonchev–Trinajstić information content (AvgIpc) is 3.90. The Morgan fingerprint density at radius 3 is 2.16 bits per heavy atom. The lowest BCUT2D eigenvalue weighted by Gasteiger charge is -2.17. The Morgan fingerprint density at radius 2 is 1.34 bits per heavy atom. The first-order valence-electron chi connectivity index (χ1n) is 14.6. The first kappa shape index (κ1) is 24.8. The Hall–Kier alpha value is -5.72. The predicted octanol–water partition coefficient (Wildman–Crippen LogP) is 9.70. The van der Waals surface area contributed by atoms with Gasteiger partial charge in [0.2, 0.25) is 0 Å². The van der Waals surface area contributed by atoms with Gasteiger partial charge in [0.05, 0.1) is 38.3 Å². The smallest absolute Gasteiger partial charge is 0.124 e. The topological polar surface area (TPSA) is 40.6 Å². The number of thiazole rings is 1. The summed E-state index contributed by atoms with van der Waals surface area (Å²) in [6.45, 7) is 0. The summed E-state index contributed by atoms with van der Waals surface area (Å²) < 4.78 is 7.94. The summed E-state index contributed by atoms with van der Waals surface area (Å²) in [7, 11) is 0. The lowest BCUT2D eigenvalue weighted by atomic mass is 10.1. The number of para-hydroxylation sites is 1. The zero-order valence-electron chi connectivity index (χ0n) is 23.6. The predicted molar refractivity (Wildman–Crippen MR) is 181 cm³/mol. The molecule has 5 aromatic heterocycles. The highest BCUT2D eigenvalue weighted by atomic mass is 32.1. The summed E-state index contributed by atoms with van der Waals surface area (Å²) in [6, 6.07) is 42.8. The zero-order chi connectivity index (χ0) is 29.0. The largest absolute Gasteiger partial charge is 0.324 e. The van der Waals surface area contributed by atoms with Gasteiger partial charge in [-0.1, -0.05) is 36.4 Å². The maximum Gasteiger partial charge on any atom is 0.124 e. The molecule has 0 atom stereocenters. The molecular formula is C38H25N5S. The first-order chi connectivity index (χ1) is 21.8. The molecule has 5 nitrogen and oxygen atoms in total. The molecule has 0 N–H and O–H groups in total. The number of hydrogen-bond donors (Lipinski definition) is 0. The van der Waals surface area contributed by atoms with Crippen LogP contribution in [0.2, 0.25) is 0 Å². The minimum atomic E-state index is 0.943. The van der Waals surface area contributed by atoms with E-state index in [1.165, 1.54) is 15.5 Å². The second-order valence-electron chi connectivity index (χ2n) is 10.9. The van der Waals surface area contributed by atoms with Crippen LogP contribution in [0.5, 0.6) is 0 Å². The minimum Gasteiger partial charge on any atom is -0.324 e. The van der Waals surface area contributed by atoms with E-state index in [9.17, 15) is 0 Å². The van der Waals surface area contributed by atoms with Crippen molar-refractivity contribution in [3.63, 3.8) is 0 Å². The monoisotopic (exact) mass is 583 g/mol. The molecule has 9 aromatic rings. The molecule has 0 saturated heterocycles. The van der Waals surface area contributed by atoms with Crippen LogP contribution in [0, 0.1) is 0 Å². The van der Waals surface area contributed by atoms with Gasteiger partial charge in [-0.2, -0.15) is 0 Å². The standard InChI is InChI=1S/C38H25N5S/c1-2-11-37-32(10-1)40-38(44-37)27-12-15-29-30-25-28(41-19-5-6-20-41)14-17-33(30)43(35(29)24-27)36-23-26(31-9-3-4-18-39-31)13-16-34(36)42-21-7-8-22-42/h1-25H. The lowest BCUT2D eigenvalue weighted by Crippen LogP contribution is -2.03. The Labute approximate surface area is 257 Å². The molecule has 0 fully saturated rings. The van der Waals surface area contributed by atoms with Crippen molar-refractivity contribution in [3.05, 3.63) is 152 Å². The first-order valence-corrected chi connectivity index (χ1v) is 15.4. The lowest BCUT2D eigenvalue weighted by molar-refractivity contribution is 1.04. The van der Waals surface area contributed by atoms with Crippen molar-refractivity contribution in [2.75, 3.05) is 0 Å². The Kier molecular flexibility index (Phi) is 5.61. The second-order valence-corrected chi connectivity index (χ2v) is 11.9. The quantitative estimate of drug-likeness (QED) is 0.202. The molecule has 0 radical (unpaired) electrons. The molecule has 9 rings (SSSR count). The fourth-order valence-corrected chi connectivity index (χ4v) is 7.14. The third-order valence-electron chi connectivity index (χ3n) is 8.25. The van der Waals surface area contributed by atoms with Crippen LogP contribution in [-0.2, 0) is 0 Å². The molecule has 0 spiro atoms. The summed E-state index contributed by atoms with van der Waals surface area (Å²) in [5, 5.41) is 3.41. The Morgan fingerprint density at radius 1 is 0.545 bits per heavy atom. The van der Waals surface area contributed by atoms with Crippen LogP contribution >= 0.6 is 11.3 Å². The van der Waals surface area contributed by atoms with E-state index in [0.717, 1.165) is 55.4 Å². The van der Waals surface area contributed by atoms with E-state index in [1.807, 2.05) is 24.4 Å². The number of nitrogens with zero attached hydrogens (tertiary/aromatic N) is 5. The van der Waals surface area contributed by atoms with E-state index < -0.39 is 0 Å². The van der Waals surface area contributed by atoms with Gasteiger partial charge in [-0.15, -0.1) is 11.3 Å². The van der Waals surface area contributed by atoms with Crippen molar-refractivity contribution >= 4 is 43.4 Å². The SMILES string of the molecule is c1ccc(-c2ccc(-n3cccc3)c(-n3c4ccc(-n5cccc5)cc4c4ccc(-c5nc6ccccc6s5)cc43)c2)nc1. The molecule has 0 unspecified atom stereocenters. The van der Waals surface area contributed by atoms with Gasteiger partial charge in [0.1, 0.15) is 5.01 Å². The fourth-order valence-electron chi connectivity index (χ4n) is 6.17. The molecule has 6 heteroatoms. The van der Waals surface area contributed by atoms with E-state index in [0.29, 0.717) is 0 Å². The molecule has 44 heavy (non-hydrogen) atoms. The van der Waals surface area contributed by atoms with Gasteiger partial charge in [-0.25, -0.2) is 4.98 Å². The van der Waals surface area contributed by atoms with Gasteiger partial charge in [-0.05, 0) is 84.9 Å². The van der Waals surface area contributed by atoms with Gasteiger partial charge in [-0.3, -0.25) is 4.98 Å².